The van der Waals surface area contributed by atoms with Crippen molar-refractivity contribution >= 4 is 17.4 Å². The molecule has 2 aromatic rings. The maximum Gasteiger partial charge on any atom is 0.315 e. The van der Waals surface area contributed by atoms with Crippen LogP contribution in [-0.4, -0.2) is 17.6 Å². The van der Waals surface area contributed by atoms with Gasteiger partial charge in [0.1, 0.15) is 11.8 Å². The Hall–Kier alpha value is -2.59. The Bertz CT molecular complexity index is 706. The van der Waals surface area contributed by atoms with Crippen LogP contribution in [0.3, 0.4) is 0 Å². The van der Waals surface area contributed by atoms with Crippen molar-refractivity contribution in [1.29, 1.82) is 5.26 Å². The van der Waals surface area contributed by atoms with Gasteiger partial charge >= 0.3 is 6.03 Å². The number of amides is 2. The lowest BCUT2D eigenvalue weighted by Crippen LogP contribution is -2.36. The second-order valence-electron chi connectivity index (χ2n) is 5.16. The van der Waals surface area contributed by atoms with Crippen molar-refractivity contribution < 1.29 is 9.53 Å². The van der Waals surface area contributed by atoms with Crippen molar-refractivity contribution in [2.24, 2.45) is 0 Å². The summed E-state index contributed by atoms with van der Waals surface area (Å²) in [6, 6.07) is 8.79. The maximum atomic E-state index is 12.0. The molecule has 0 saturated heterocycles. The van der Waals surface area contributed by atoms with E-state index in [9.17, 15) is 4.79 Å². The SMILES string of the molecule is CCc1nc([C@H](C)NC(=O)NCc2ccc(OCC#N)cc2)cs1. The smallest absolute Gasteiger partial charge is 0.315 e. The molecule has 6 nitrogen and oxygen atoms in total. The van der Waals surface area contributed by atoms with Crippen LogP contribution in [0.5, 0.6) is 5.75 Å². The van der Waals surface area contributed by atoms with Gasteiger partial charge in [0, 0.05) is 11.9 Å². The van der Waals surface area contributed by atoms with Gasteiger partial charge in [-0.05, 0) is 31.0 Å². The molecular weight excluding hydrogens is 324 g/mol. The van der Waals surface area contributed by atoms with Crippen molar-refractivity contribution in [1.82, 2.24) is 15.6 Å². The van der Waals surface area contributed by atoms with Crippen LogP contribution in [0, 0.1) is 11.3 Å². The first kappa shape index (κ1) is 17.8. The molecule has 0 saturated carbocycles. The molecule has 1 heterocycles. The predicted molar refractivity (Wildman–Crippen MR) is 92.8 cm³/mol. The van der Waals surface area contributed by atoms with E-state index in [-0.39, 0.29) is 18.7 Å². The van der Waals surface area contributed by atoms with Gasteiger partial charge in [0.05, 0.1) is 16.7 Å². The first-order valence-corrected chi connectivity index (χ1v) is 8.57. The van der Waals surface area contributed by atoms with Crippen LogP contribution >= 0.6 is 11.3 Å². The molecular formula is C17H20N4O2S. The average molecular weight is 344 g/mol. The van der Waals surface area contributed by atoms with E-state index >= 15 is 0 Å². The minimum Gasteiger partial charge on any atom is -0.479 e. The predicted octanol–water partition coefficient (Wildman–Crippen LogP) is 3.17. The lowest BCUT2D eigenvalue weighted by Gasteiger charge is -2.13. The number of rotatable bonds is 7. The van der Waals surface area contributed by atoms with Crippen molar-refractivity contribution in [2.45, 2.75) is 32.9 Å². The molecule has 126 valence electrons. The van der Waals surface area contributed by atoms with Crippen LogP contribution in [0.1, 0.15) is 36.2 Å². The molecule has 7 heteroatoms. The van der Waals surface area contributed by atoms with Crippen LogP contribution in [0.15, 0.2) is 29.6 Å². The van der Waals surface area contributed by atoms with Gasteiger partial charge in [0.15, 0.2) is 6.61 Å². The number of nitrogens with zero attached hydrogens (tertiary/aromatic N) is 2. The molecule has 0 fully saturated rings. The summed E-state index contributed by atoms with van der Waals surface area (Å²) < 4.78 is 5.18. The number of aromatic nitrogens is 1. The van der Waals surface area contributed by atoms with Gasteiger partial charge in [-0.2, -0.15) is 5.26 Å². The van der Waals surface area contributed by atoms with Crippen LogP contribution in [0.2, 0.25) is 0 Å². The second-order valence-corrected chi connectivity index (χ2v) is 6.10. The molecule has 0 aliphatic carbocycles. The molecule has 24 heavy (non-hydrogen) atoms. The van der Waals surface area contributed by atoms with E-state index in [4.69, 9.17) is 10.00 Å². The van der Waals surface area contributed by atoms with Crippen LogP contribution in [0.4, 0.5) is 4.79 Å². The van der Waals surface area contributed by atoms with Crippen molar-refractivity contribution in [3.63, 3.8) is 0 Å². The maximum absolute atomic E-state index is 12.0. The number of hydrogen-bond donors (Lipinski definition) is 2. The lowest BCUT2D eigenvalue weighted by molar-refractivity contribution is 0.237. The van der Waals surface area contributed by atoms with E-state index in [1.54, 1.807) is 23.5 Å². The van der Waals surface area contributed by atoms with Gasteiger partial charge in [0.25, 0.3) is 0 Å². The van der Waals surface area contributed by atoms with Crippen molar-refractivity contribution in [3.05, 3.63) is 45.9 Å². The molecule has 0 aliphatic heterocycles. The monoisotopic (exact) mass is 344 g/mol. The fourth-order valence-electron chi connectivity index (χ4n) is 2.01. The zero-order valence-corrected chi connectivity index (χ0v) is 14.5. The molecule has 2 N–H and O–H groups in total. The molecule has 0 unspecified atom stereocenters. The summed E-state index contributed by atoms with van der Waals surface area (Å²) in [5, 5.41) is 17.2. The second kappa shape index (κ2) is 8.89. The summed E-state index contributed by atoms with van der Waals surface area (Å²) in [5.41, 5.74) is 1.83. The number of hydrogen-bond acceptors (Lipinski definition) is 5. The highest BCUT2D eigenvalue weighted by atomic mass is 32.1. The average Bonchev–Trinajstić information content (AvgIpc) is 3.08. The summed E-state index contributed by atoms with van der Waals surface area (Å²) in [6.45, 7) is 4.40. The third-order valence-electron chi connectivity index (χ3n) is 3.34. The Morgan fingerprint density at radius 1 is 1.42 bits per heavy atom. The zero-order valence-electron chi connectivity index (χ0n) is 13.7. The van der Waals surface area contributed by atoms with Crippen molar-refractivity contribution in [3.8, 4) is 11.8 Å². The molecule has 1 atom stereocenters. The molecule has 0 radical (unpaired) electrons. The first-order chi connectivity index (χ1) is 11.6. The van der Waals surface area contributed by atoms with E-state index in [1.165, 1.54) is 0 Å². The lowest BCUT2D eigenvalue weighted by atomic mass is 10.2. The van der Waals surface area contributed by atoms with E-state index in [2.05, 4.69) is 22.5 Å². The Morgan fingerprint density at radius 2 is 2.17 bits per heavy atom. The third-order valence-corrected chi connectivity index (χ3v) is 4.35. The molecule has 0 bridgehead atoms. The van der Waals surface area contributed by atoms with Gasteiger partial charge in [-0.3, -0.25) is 0 Å². The Labute approximate surface area is 145 Å². The zero-order chi connectivity index (χ0) is 17.4. The van der Waals surface area contributed by atoms with Crippen LogP contribution in [-0.2, 0) is 13.0 Å². The van der Waals surface area contributed by atoms with Gasteiger partial charge in [0.2, 0.25) is 0 Å². The van der Waals surface area contributed by atoms with E-state index in [0.717, 1.165) is 22.7 Å². The van der Waals surface area contributed by atoms with E-state index in [0.29, 0.717) is 12.3 Å². The number of urea groups is 1. The molecule has 0 aliphatic rings. The summed E-state index contributed by atoms with van der Waals surface area (Å²) in [4.78, 5) is 16.5. The fraction of sp³-hybridized carbons (Fsp3) is 0.353. The number of ether oxygens (including phenoxy) is 1. The Kier molecular flexibility index (Phi) is 6.58. The highest BCUT2D eigenvalue weighted by Gasteiger charge is 2.12. The minimum atomic E-state index is -0.238. The highest BCUT2D eigenvalue weighted by Crippen LogP contribution is 2.17. The number of carbonyl (C=O) groups is 1. The normalized spacial score (nSPS) is 11.4. The number of nitriles is 1. The first-order valence-electron chi connectivity index (χ1n) is 7.69. The summed E-state index contributed by atoms with van der Waals surface area (Å²) in [5.74, 6) is 0.633. The van der Waals surface area contributed by atoms with Gasteiger partial charge < -0.3 is 15.4 Å². The third kappa shape index (κ3) is 5.25. The quantitative estimate of drug-likeness (QED) is 0.807. The Morgan fingerprint density at radius 3 is 2.79 bits per heavy atom. The standard InChI is InChI=1S/C17H20N4O2S/c1-3-16-21-15(11-24-16)12(2)20-17(22)19-10-13-4-6-14(7-5-13)23-9-8-18/h4-7,11-12H,3,9-10H2,1-2H3,(H2,19,20,22)/t12-/m0/s1. The topological polar surface area (TPSA) is 87.0 Å². The number of benzene rings is 1. The fourth-order valence-corrected chi connectivity index (χ4v) is 2.85. The molecule has 2 amide bonds. The number of aryl methyl sites for hydroxylation is 1. The van der Waals surface area contributed by atoms with Gasteiger partial charge in [-0.15, -0.1) is 11.3 Å². The van der Waals surface area contributed by atoms with Gasteiger partial charge in [-0.25, -0.2) is 9.78 Å². The Balaban J connectivity index is 1.79. The van der Waals surface area contributed by atoms with E-state index in [1.807, 2.05) is 30.5 Å². The number of carbonyl (C=O) groups excluding carboxylic acids is 1. The minimum absolute atomic E-state index is 0.0221. The highest BCUT2D eigenvalue weighted by molar-refractivity contribution is 7.09. The van der Waals surface area contributed by atoms with Crippen LogP contribution < -0.4 is 15.4 Å². The van der Waals surface area contributed by atoms with Gasteiger partial charge in [-0.1, -0.05) is 19.1 Å². The molecule has 1 aromatic carbocycles. The largest absolute Gasteiger partial charge is 0.479 e. The van der Waals surface area contributed by atoms with Crippen LogP contribution in [0.25, 0.3) is 0 Å². The summed E-state index contributed by atoms with van der Waals surface area (Å²) >= 11 is 1.61. The van der Waals surface area contributed by atoms with Crippen molar-refractivity contribution in [2.75, 3.05) is 6.61 Å². The molecule has 0 spiro atoms. The van der Waals surface area contributed by atoms with E-state index < -0.39 is 0 Å². The molecule has 2 rings (SSSR count). The number of nitrogens with one attached hydrogen (secondary N) is 2. The summed E-state index contributed by atoms with van der Waals surface area (Å²) in [6.07, 6.45) is 0.900. The summed E-state index contributed by atoms with van der Waals surface area (Å²) in [7, 11) is 0. The number of thiazole rings is 1. The molecule has 1 aromatic heterocycles.